The molecule has 0 saturated heterocycles. The Labute approximate surface area is 97.8 Å². The Balaban J connectivity index is 2.46. The summed E-state index contributed by atoms with van der Waals surface area (Å²) in [5, 5.41) is 0. The molecule has 2 heteroatoms. The van der Waals surface area contributed by atoms with Gasteiger partial charge in [-0.3, -0.25) is 0 Å². The van der Waals surface area contributed by atoms with Crippen LogP contribution in [0.2, 0.25) is 0 Å². The third-order valence-electron chi connectivity index (χ3n) is 2.29. The Hall–Kier alpha value is -1.30. The van der Waals surface area contributed by atoms with Crippen LogP contribution in [0.4, 0.5) is 0 Å². The minimum absolute atomic E-state index is 0.713. The molecule has 2 nitrogen and oxygen atoms in total. The highest BCUT2D eigenvalue weighted by atomic mass is 16.5. The number of ether oxygens (including phenoxy) is 1. The van der Waals surface area contributed by atoms with E-state index < -0.39 is 0 Å². The summed E-state index contributed by atoms with van der Waals surface area (Å²) in [6.07, 6.45) is 2.80. The molecule has 0 fully saturated rings. The van der Waals surface area contributed by atoms with Crippen LogP contribution in [0.3, 0.4) is 0 Å². The monoisotopic (exact) mass is 217 g/mol. The van der Waals surface area contributed by atoms with Crippen LogP contribution in [0.25, 0.3) is 0 Å². The van der Waals surface area contributed by atoms with Gasteiger partial charge in [0.2, 0.25) is 0 Å². The minimum atomic E-state index is 0.713. The molecule has 0 atom stereocenters. The molecule has 2 N–H and O–H groups in total. The van der Waals surface area contributed by atoms with Crippen LogP contribution in [0.15, 0.2) is 24.3 Å². The van der Waals surface area contributed by atoms with Crippen molar-refractivity contribution in [2.75, 3.05) is 20.3 Å². The van der Waals surface area contributed by atoms with Crippen molar-refractivity contribution in [2.45, 2.75) is 19.3 Å². The van der Waals surface area contributed by atoms with E-state index in [0.717, 1.165) is 31.4 Å². The van der Waals surface area contributed by atoms with Crippen molar-refractivity contribution in [1.29, 1.82) is 0 Å². The third-order valence-corrected chi connectivity index (χ3v) is 2.29. The molecule has 0 aliphatic carbocycles. The number of nitrogens with two attached hydrogens (primary N) is 1. The van der Waals surface area contributed by atoms with Gasteiger partial charge in [0.25, 0.3) is 0 Å². The van der Waals surface area contributed by atoms with Gasteiger partial charge in [-0.05, 0) is 37.1 Å². The summed E-state index contributed by atoms with van der Waals surface area (Å²) < 4.78 is 5.03. The van der Waals surface area contributed by atoms with E-state index in [-0.39, 0.29) is 0 Å². The van der Waals surface area contributed by atoms with Gasteiger partial charge in [0.1, 0.15) is 0 Å². The van der Waals surface area contributed by atoms with E-state index in [1.165, 1.54) is 5.56 Å². The number of benzene rings is 1. The van der Waals surface area contributed by atoms with Gasteiger partial charge in [-0.15, -0.1) is 0 Å². The van der Waals surface area contributed by atoms with E-state index in [1.54, 1.807) is 7.11 Å². The van der Waals surface area contributed by atoms with Gasteiger partial charge >= 0.3 is 0 Å². The molecule has 1 aromatic carbocycles. The van der Waals surface area contributed by atoms with Crippen LogP contribution < -0.4 is 5.73 Å². The average Bonchev–Trinajstić information content (AvgIpc) is 2.33. The molecule has 1 aromatic rings. The minimum Gasteiger partial charge on any atom is -0.384 e. The second-order valence-corrected chi connectivity index (χ2v) is 3.63. The van der Waals surface area contributed by atoms with Crippen LogP contribution in [0.5, 0.6) is 0 Å². The Kier molecular flexibility index (Phi) is 6.32. The lowest BCUT2D eigenvalue weighted by molar-refractivity contribution is 0.202. The quantitative estimate of drug-likeness (QED) is 0.604. The smallest absolute Gasteiger partial charge is 0.0502 e. The molecule has 86 valence electrons. The zero-order chi connectivity index (χ0) is 11.6. The molecule has 0 aromatic heterocycles. The predicted molar refractivity (Wildman–Crippen MR) is 67.2 cm³/mol. The summed E-state index contributed by atoms with van der Waals surface area (Å²) in [5.74, 6) is 6.24. The second kappa shape index (κ2) is 7.92. The molecule has 0 aliphatic heterocycles. The van der Waals surface area contributed by atoms with E-state index in [0.29, 0.717) is 6.54 Å². The zero-order valence-corrected chi connectivity index (χ0v) is 9.83. The Morgan fingerprint density at radius 1 is 1.25 bits per heavy atom. The van der Waals surface area contributed by atoms with Crippen LogP contribution in [0, 0.1) is 11.8 Å². The maximum Gasteiger partial charge on any atom is 0.0502 e. The fraction of sp³-hybridized carbons (Fsp3) is 0.429. The summed E-state index contributed by atoms with van der Waals surface area (Å²) in [6, 6.07) is 8.32. The van der Waals surface area contributed by atoms with Crippen molar-refractivity contribution >= 4 is 0 Å². The highest BCUT2D eigenvalue weighted by Gasteiger charge is 1.92. The van der Waals surface area contributed by atoms with Gasteiger partial charge in [0, 0.05) is 19.1 Å². The SMILES string of the molecule is COCCc1ccc(C#CCCCN)cc1. The van der Waals surface area contributed by atoms with Crippen LogP contribution in [-0.4, -0.2) is 20.3 Å². The van der Waals surface area contributed by atoms with Gasteiger partial charge in [0.15, 0.2) is 0 Å². The van der Waals surface area contributed by atoms with E-state index >= 15 is 0 Å². The van der Waals surface area contributed by atoms with Gasteiger partial charge in [0.05, 0.1) is 6.61 Å². The van der Waals surface area contributed by atoms with Crippen molar-refractivity contribution in [3.05, 3.63) is 35.4 Å². The summed E-state index contributed by atoms with van der Waals surface area (Å²) >= 11 is 0. The van der Waals surface area contributed by atoms with E-state index in [2.05, 4.69) is 36.1 Å². The molecule has 0 saturated carbocycles. The molecular formula is C14H19NO. The van der Waals surface area contributed by atoms with Crippen molar-refractivity contribution in [1.82, 2.24) is 0 Å². The normalized spacial score (nSPS) is 9.62. The lowest BCUT2D eigenvalue weighted by Crippen LogP contribution is -1.96. The van der Waals surface area contributed by atoms with Gasteiger partial charge < -0.3 is 10.5 Å². The van der Waals surface area contributed by atoms with Crippen molar-refractivity contribution in [3.63, 3.8) is 0 Å². The third kappa shape index (κ3) is 4.97. The Morgan fingerprint density at radius 3 is 2.62 bits per heavy atom. The van der Waals surface area contributed by atoms with Crippen LogP contribution >= 0.6 is 0 Å². The lowest BCUT2D eigenvalue weighted by atomic mass is 10.1. The van der Waals surface area contributed by atoms with Crippen molar-refractivity contribution < 1.29 is 4.74 Å². The van der Waals surface area contributed by atoms with Gasteiger partial charge in [-0.25, -0.2) is 0 Å². The first-order valence-electron chi connectivity index (χ1n) is 5.63. The van der Waals surface area contributed by atoms with Crippen LogP contribution in [0.1, 0.15) is 24.0 Å². The average molecular weight is 217 g/mol. The van der Waals surface area contributed by atoms with Gasteiger partial charge in [-0.1, -0.05) is 24.0 Å². The molecule has 0 amide bonds. The predicted octanol–water partition coefficient (Wildman–Crippen LogP) is 1.97. The second-order valence-electron chi connectivity index (χ2n) is 3.63. The summed E-state index contributed by atoms with van der Waals surface area (Å²) in [4.78, 5) is 0. The standard InChI is InChI=1S/C14H19NO/c1-16-12-10-14-8-6-13(7-9-14)5-3-2-4-11-15/h6-9H,2,4,10-12,15H2,1H3. The molecule has 0 radical (unpaired) electrons. The first kappa shape index (κ1) is 12.8. The summed E-state index contributed by atoms with van der Waals surface area (Å²) in [5.41, 5.74) is 7.75. The highest BCUT2D eigenvalue weighted by molar-refractivity contribution is 5.36. The Bertz CT molecular complexity index is 345. The Morgan fingerprint density at radius 2 is 2.00 bits per heavy atom. The fourth-order valence-corrected chi connectivity index (χ4v) is 1.33. The van der Waals surface area contributed by atoms with Crippen LogP contribution in [-0.2, 0) is 11.2 Å². The molecule has 0 aliphatic rings. The maximum atomic E-state index is 5.39. The van der Waals surface area contributed by atoms with E-state index in [1.807, 2.05) is 0 Å². The molecule has 0 heterocycles. The van der Waals surface area contributed by atoms with Crippen molar-refractivity contribution in [2.24, 2.45) is 5.73 Å². The first-order valence-corrected chi connectivity index (χ1v) is 5.63. The lowest BCUT2D eigenvalue weighted by Gasteiger charge is -1.99. The fourth-order valence-electron chi connectivity index (χ4n) is 1.33. The molecule has 0 spiro atoms. The molecule has 1 rings (SSSR count). The number of hydrogen-bond donors (Lipinski definition) is 1. The molecular weight excluding hydrogens is 198 g/mol. The number of rotatable bonds is 5. The number of methoxy groups -OCH3 is 1. The molecule has 0 unspecified atom stereocenters. The molecule has 16 heavy (non-hydrogen) atoms. The highest BCUT2D eigenvalue weighted by Crippen LogP contribution is 2.04. The number of unbranched alkanes of at least 4 members (excludes halogenated alkanes) is 1. The van der Waals surface area contributed by atoms with E-state index in [9.17, 15) is 0 Å². The number of hydrogen-bond acceptors (Lipinski definition) is 2. The van der Waals surface area contributed by atoms with Crippen molar-refractivity contribution in [3.8, 4) is 11.8 Å². The summed E-state index contributed by atoms with van der Waals surface area (Å²) in [7, 11) is 1.72. The largest absolute Gasteiger partial charge is 0.384 e. The zero-order valence-electron chi connectivity index (χ0n) is 9.83. The first-order chi connectivity index (χ1) is 7.86. The maximum absolute atomic E-state index is 5.39. The van der Waals surface area contributed by atoms with E-state index in [4.69, 9.17) is 10.5 Å². The topological polar surface area (TPSA) is 35.2 Å². The molecule has 0 bridgehead atoms. The van der Waals surface area contributed by atoms with Gasteiger partial charge in [-0.2, -0.15) is 0 Å². The summed E-state index contributed by atoms with van der Waals surface area (Å²) in [6.45, 7) is 1.48.